The Labute approximate surface area is 84.8 Å². The van der Waals surface area contributed by atoms with Gasteiger partial charge in [-0.15, -0.1) is 0 Å². The van der Waals surface area contributed by atoms with Gasteiger partial charge >= 0.3 is 5.97 Å². The zero-order chi connectivity index (χ0) is 10.4. The van der Waals surface area contributed by atoms with Gasteiger partial charge in [-0.25, -0.2) is 0 Å². The second kappa shape index (κ2) is 2.96. The van der Waals surface area contributed by atoms with E-state index in [4.69, 9.17) is 9.47 Å². The summed E-state index contributed by atoms with van der Waals surface area (Å²) in [5.74, 6) is -0.0826. The topological polar surface area (TPSA) is 35.5 Å². The molecule has 2 atom stereocenters. The van der Waals surface area contributed by atoms with E-state index < -0.39 is 0 Å². The zero-order valence-electron chi connectivity index (χ0n) is 9.13. The van der Waals surface area contributed by atoms with Gasteiger partial charge in [-0.2, -0.15) is 0 Å². The van der Waals surface area contributed by atoms with E-state index in [1.54, 1.807) is 0 Å². The second-order valence-electron chi connectivity index (χ2n) is 5.19. The van der Waals surface area contributed by atoms with Crippen LogP contribution >= 0.6 is 0 Å². The van der Waals surface area contributed by atoms with Crippen molar-refractivity contribution in [3.05, 3.63) is 0 Å². The maximum absolute atomic E-state index is 11.1. The fourth-order valence-corrected chi connectivity index (χ4v) is 2.35. The molecule has 0 aliphatic carbocycles. The summed E-state index contributed by atoms with van der Waals surface area (Å²) in [4.78, 5) is 11.1. The number of hydrogen-bond acceptors (Lipinski definition) is 3. The molecule has 0 unspecified atom stereocenters. The number of hydrogen-bond donors (Lipinski definition) is 0. The van der Waals surface area contributed by atoms with Crippen molar-refractivity contribution in [1.29, 1.82) is 0 Å². The van der Waals surface area contributed by atoms with Gasteiger partial charge in [-0.3, -0.25) is 4.79 Å². The quantitative estimate of drug-likeness (QED) is 0.605. The highest BCUT2D eigenvalue weighted by atomic mass is 16.6. The third kappa shape index (κ3) is 1.65. The number of carbonyl (C=O) groups is 1. The minimum atomic E-state index is -0.370. The summed E-state index contributed by atoms with van der Waals surface area (Å²) in [7, 11) is 0. The van der Waals surface area contributed by atoms with Crippen LogP contribution < -0.4 is 0 Å². The summed E-state index contributed by atoms with van der Waals surface area (Å²) in [5.41, 5.74) is -0.423. The molecule has 2 aliphatic rings. The van der Waals surface area contributed by atoms with E-state index in [0.717, 1.165) is 19.3 Å². The van der Waals surface area contributed by atoms with Crippen LogP contribution in [0.2, 0.25) is 0 Å². The average molecular weight is 198 g/mol. The van der Waals surface area contributed by atoms with Crippen LogP contribution in [0.5, 0.6) is 0 Å². The van der Waals surface area contributed by atoms with Gasteiger partial charge in [-0.1, -0.05) is 0 Å². The molecule has 0 N–H and O–H groups in total. The summed E-state index contributed by atoms with van der Waals surface area (Å²) in [6.45, 7) is 6.17. The summed E-state index contributed by atoms with van der Waals surface area (Å²) in [5, 5.41) is 0. The molecule has 0 aromatic rings. The first-order valence-electron chi connectivity index (χ1n) is 5.31. The van der Waals surface area contributed by atoms with Crippen molar-refractivity contribution in [1.82, 2.24) is 0 Å². The standard InChI is InChI=1S/C11H18O3/c1-10(2)6-4-8(13-10)11(3)7-5-9(12)14-11/h8H,4-7H2,1-3H3/t8-,11+/m1/s1. The molecular formula is C11H18O3. The Morgan fingerprint density at radius 2 is 2.00 bits per heavy atom. The summed E-state index contributed by atoms with van der Waals surface area (Å²) in [6.07, 6.45) is 3.47. The third-order valence-corrected chi connectivity index (χ3v) is 3.32. The lowest BCUT2D eigenvalue weighted by Gasteiger charge is -2.31. The average Bonchev–Trinajstić information content (AvgIpc) is 2.57. The number of cyclic esters (lactones) is 1. The van der Waals surface area contributed by atoms with Crippen molar-refractivity contribution in [2.75, 3.05) is 0 Å². The molecule has 2 fully saturated rings. The minimum Gasteiger partial charge on any atom is -0.457 e. The summed E-state index contributed by atoms with van der Waals surface area (Å²) >= 11 is 0. The molecule has 0 saturated carbocycles. The van der Waals surface area contributed by atoms with Gasteiger partial charge in [0.2, 0.25) is 0 Å². The van der Waals surface area contributed by atoms with Crippen LogP contribution in [0.3, 0.4) is 0 Å². The predicted octanol–water partition coefficient (Wildman–Crippen LogP) is 2.04. The molecule has 0 radical (unpaired) electrons. The largest absolute Gasteiger partial charge is 0.457 e. The Balaban J connectivity index is 2.06. The van der Waals surface area contributed by atoms with E-state index in [1.165, 1.54) is 0 Å². The monoisotopic (exact) mass is 198 g/mol. The Bertz CT molecular complexity index is 259. The maximum atomic E-state index is 11.1. The van der Waals surface area contributed by atoms with Crippen LogP contribution in [0.15, 0.2) is 0 Å². The molecule has 80 valence electrons. The van der Waals surface area contributed by atoms with E-state index in [9.17, 15) is 4.79 Å². The van der Waals surface area contributed by atoms with Crippen molar-refractivity contribution in [2.24, 2.45) is 0 Å². The van der Waals surface area contributed by atoms with E-state index in [-0.39, 0.29) is 23.3 Å². The van der Waals surface area contributed by atoms with Gasteiger partial charge in [0.15, 0.2) is 0 Å². The first-order valence-corrected chi connectivity index (χ1v) is 5.31. The van der Waals surface area contributed by atoms with Crippen LogP contribution in [0.4, 0.5) is 0 Å². The van der Waals surface area contributed by atoms with Crippen molar-refractivity contribution in [2.45, 2.75) is 63.8 Å². The lowest BCUT2D eigenvalue weighted by molar-refractivity contribution is -0.163. The second-order valence-corrected chi connectivity index (χ2v) is 5.19. The molecule has 0 bridgehead atoms. The first kappa shape index (κ1) is 9.97. The summed E-state index contributed by atoms with van der Waals surface area (Å²) in [6, 6.07) is 0. The molecule has 0 aromatic carbocycles. The fourth-order valence-electron chi connectivity index (χ4n) is 2.35. The Hall–Kier alpha value is -0.570. The number of esters is 1. The van der Waals surface area contributed by atoms with Crippen molar-refractivity contribution >= 4 is 5.97 Å². The number of carbonyl (C=O) groups excluding carboxylic acids is 1. The van der Waals surface area contributed by atoms with Crippen molar-refractivity contribution in [3.63, 3.8) is 0 Å². The molecule has 2 heterocycles. The third-order valence-electron chi connectivity index (χ3n) is 3.32. The Kier molecular flexibility index (Phi) is 2.11. The molecule has 2 aliphatic heterocycles. The Morgan fingerprint density at radius 1 is 1.29 bits per heavy atom. The van der Waals surface area contributed by atoms with Crippen LogP contribution in [0.25, 0.3) is 0 Å². The SMILES string of the molecule is CC1(C)CC[C@H]([C@]2(C)CCC(=O)O2)O1. The smallest absolute Gasteiger partial charge is 0.306 e. The Morgan fingerprint density at radius 3 is 2.43 bits per heavy atom. The molecule has 0 spiro atoms. The number of rotatable bonds is 1. The van der Waals surface area contributed by atoms with Crippen LogP contribution in [0, 0.1) is 0 Å². The van der Waals surface area contributed by atoms with Crippen molar-refractivity contribution in [3.8, 4) is 0 Å². The summed E-state index contributed by atoms with van der Waals surface area (Å²) < 4.78 is 11.3. The molecule has 2 rings (SSSR count). The molecule has 0 aromatic heterocycles. The van der Waals surface area contributed by atoms with Gasteiger partial charge in [0.25, 0.3) is 0 Å². The van der Waals surface area contributed by atoms with E-state index in [2.05, 4.69) is 13.8 Å². The van der Waals surface area contributed by atoms with Crippen molar-refractivity contribution < 1.29 is 14.3 Å². The van der Waals surface area contributed by atoms with Crippen LogP contribution in [-0.2, 0) is 14.3 Å². The van der Waals surface area contributed by atoms with E-state index in [1.807, 2.05) is 6.92 Å². The highest BCUT2D eigenvalue weighted by Crippen LogP contribution is 2.41. The van der Waals surface area contributed by atoms with Crippen LogP contribution in [-0.4, -0.2) is 23.3 Å². The predicted molar refractivity (Wildman–Crippen MR) is 51.9 cm³/mol. The molecule has 3 heteroatoms. The van der Waals surface area contributed by atoms with Gasteiger partial charge < -0.3 is 9.47 Å². The van der Waals surface area contributed by atoms with E-state index >= 15 is 0 Å². The molecule has 3 nitrogen and oxygen atoms in total. The molecule has 2 saturated heterocycles. The zero-order valence-corrected chi connectivity index (χ0v) is 9.13. The van der Waals surface area contributed by atoms with Gasteiger partial charge in [0, 0.05) is 6.42 Å². The minimum absolute atomic E-state index is 0.0529. The lowest BCUT2D eigenvalue weighted by atomic mass is 9.93. The molecule has 0 amide bonds. The highest BCUT2D eigenvalue weighted by molar-refractivity contribution is 5.72. The molecule has 14 heavy (non-hydrogen) atoms. The maximum Gasteiger partial charge on any atom is 0.306 e. The fraction of sp³-hybridized carbons (Fsp3) is 0.909. The van der Waals surface area contributed by atoms with E-state index in [0.29, 0.717) is 6.42 Å². The van der Waals surface area contributed by atoms with Gasteiger partial charge in [0.1, 0.15) is 5.60 Å². The normalized spacial score (nSPS) is 41.4. The first-order chi connectivity index (χ1) is 6.41. The van der Waals surface area contributed by atoms with Crippen LogP contribution in [0.1, 0.15) is 46.5 Å². The highest BCUT2D eigenvalue weighted by Gasteiger charge is 2.48. The number of ether oxygens (including phenoxy) is 2. The van der Waals surface area contributed by atoms with Gasteiger partial charge in [-0.05, 0) is 40.0 Å². The lowest BCUT2D eigenvalue weighted by Crippen LogP contribution is -2.40. The van der Waals surface area contributed by atoms with Gasteiger partial charge in [0.05, 0.1) is 11.7 Å². The molecular weight excluding hydrogens is 180 g/mol.